The fourth-order valence-corrected chi connectivity index (χ4v) is 8.01. The second-order valence-corrected chi connectivity index (χ2v) is 16.2. The molecule has 0 atom stereocenters. The number of pyridine rings is 1. The molecule has 1 aliphatic rings. The zero-order valence-electron chi connectivity index (χ0n) is 29.7. The van der Waals surface area contributed by atoms with E-state index in [9.17, 15) is 22.0 Å². The van der Waals surface area contributed by atoms with Gasteiger partial charge in [-0.2, -0.15) is 5.10 Å². The minimum absolute atomic E-state index is 0.0728. The molecular formula is C40H38F3N5O4S. The van der Waals surface area contributed by atoms with Crippen molar-refractivity contribution in [2.24, 2.45) is 0 Å². The summed E-state index contributed by atoms with van der Waals surface area (Å²) in [5.41, 5.74) is 3.56. The number of fused-ring (bicyclic) bond motifs is 1. The quantitative estimate of drug-likeness (QED) is 0.162. The van der Waals surface area contributed by atoms with Crippen molar-refractivity contribution in [3.05, 3.63) is 126 Å². The standard InChI is InChI=1S/C40H38F3N5O4S/c1-25-5-8-33(9-6-25)53(50,51)48-24-36(30-21-45-47(23-30)22-26-15-31(41)19-32(42)16-26)35-17-29(20-44-38(35)48)28-7-10-34(37(43)18-28)27-11-13-46(14-12-27)39(49)52-40(2,3)4/h5-10,15-21,23-24,27H,11-14,22H2,1-4H3. The van der Waals surface area contributed by atoms with Crippen LogP contribution in [-0.4, -0.2) is 56.8 Å². The predicted octanol–water partition coefficient (Wildman–Crippen LogP) is 8.69. The molecule has 3 aromatic carbocycles. The molecule has 0 N–H and O–H groups in total. The number of aromatic nitrogens is 4. The molecule has 7 rings (SSSR count). The van der Waals surface area contributed by atoms with Gasteiger partial charge in [0, 0.05) is 59.8 Å². The maximum Gasteiger partial charge on any atom is 0.410 e. The number of likely N-dealkylation sites (tertiary alicyclic amines) is 1. The van der Waals surface area contributed by atoms with E-state index < -0.39 is 27.3 Å². The topological polar surface area (TPSA) is 99.3 Å². The Kier molecular flexibility index (Phi) is 9.39. The highest BCUT2D eigenvalue weighted by Gasteiger charge is 2.29. The van der Waals surface area contributed by atoms with Crippen LogP contribution in [-0.2, 0) is 21.3 Å². The number of carbonyl (C=O) groups excluding carboxylic acids is 1. The van der Waals surface area contributed by atoms with E-state index in [-0.39, 0.29) is 34.9 Å². The molecule has 9 nitrogen and oxygen atoms in total. The van der Waals surface area contributed by atoms with E-state index in [2.05, 4.69) is 10.1 Å². The number of nitrogens with zero attached hydrogens (tertiary/aromatic N) is 5. The van der Waals surface area contributed by atoms with Crippen molar-refractivity contribution in [1.82, 2.24) is 23.6 Å². The number of benzene rings is 3. The second-order valence-electron chi connectivity index (χ2n) is 14.4. The van der Waals surface area contributed by atoms with E-state index in [0.717, 1.165) is 15.6 Å². The summed E-state index contributed by atoms with van der Waals surface area (Å²) in [7, 11) is -4.09. The van der Waals surface area contributed by atoms with Crippen LogP contribution in [0.5, 0.6) is 0 Å². The molecule has 1 saturated heterocycles. The average Bonchev–Trinajstić information content (AvgIpc) is 3.72. The van der Waals surface area contributed by atoms with Crippen molar-refractivity contribution in [2.45, 2.75) is 63.5 Å². The largest absolute Gasteiger partial charge is 0.444 e. The van der Waals surface area contributed by atoms with Crippen LogP contribution in [0.2, 0.25) is 0 Å². The molecule has 0 radical (unpaired) electrons. The molecular weight excluding hydrogens is 704 g/mol. The van der Waals surface area contributed by atoms with Crippen LogP contribution >= 0.6 is 0 Å². The van der Waals surface area contributed by atoms with Crippen LogP contribution in [0.1, 0.15) is 56.2 Å². The summed E-state index contributed by atoms with van der Waals surface area (Å²) < 4.78 is 79.6. The Labute approximate surface area is 305 Å². The predicted molar refractivity (Wildman–Crippen MR) is 195 cm³/mol. The summed E-state index contributed by atoms with van der Waals surface area (Å²) in [5.74, 6) is -1.86. The minimum atomic E-state index is -4.09. The van der Waals surface area contributed by atoms with Crippen molar-refractivity contribution in [3.8, 4) is 22.3 Å². The molecule has 0 saturated carbocycles. The van der Waals surface area contributed by atoms with Crippen molar-refractivity contribution >= 4 is 27.1 Å². The van der Waals surface area contributed by atoms with E-state index >= 15 is 4.39 Å². The third-order valence-electron chi connectivity index (χ3n) is 9.32. The van der Waals surface area contributed by atoms with Gasteiger partial charge in [-0.15, -0.1) is 0 Å². The van der Waals surface area contributed by atoms with Gasteiger partial charge in [0.15, 0.2) is 5.65 Å². The van der Waals surface area contributed by atoms with E-state index in [1.165, 1.54) is 47.4 Å². The number of rotatable bonds is 7. The lowest BCUT2D eigenvalue weighted by atomic mass is 9.88. The molecule has 1 amide bonds. The Balaban J connectivity index is 1.22. The summed E-state index contributed by atoms with van der Waals surface area (Å²) in [6.07, 6.45) is 7.02. The molecule has 6 aromatic rings. The number of ether oxygens (including phenoxy) is 1. The van der Waals surface area contributed by atoms with E-state index in [4.69, 9.17) is 4.74 Å². The van der Waals surface area contributed by atoms with Gasteiger partial charge < -0.3 is 9.64 Å². The molecule has 3 aromatic heterocycles. The van der Waals surface area contributed by atoms with E-state index in [0.29, 0.717) is 64.7 Å². The first-order valence-electron chi connectivity index (χ1n) is 17.2. The normalized spacial score (nSPS) is 14.2. The van der Waals surface area contributed by atoms with Crippen LogP contribution < -0.4 is 0 Å². The fraction of sp³-hybridized carbons (Fsp3) is 0.275. The van der Waals surface area contributed by atoms with Gasteiger partial charge in [-0.3, -0.25) is 4.68 Å². The van der Waals surface area contributed by atoms with E-state index in [1.54, 1.807) is 41.6 Å². The van der Waals surface area contributed by atoms with Crippen LogP contribution in [0, 0.1) is 24.4 Å². The van der Waals surface area contributed by atoms with Gasteiger partial charge in [0.1, 0.15) is 23.1 Å². The lowest BCUT2D eigenvalue weighted by Crippen LogP contribution is -2.41. The monoisotopic (exact) mass is 741 g/mol. The van der Waals surface area contributed by atoms with Crippen molar-refractivity contribution in [2.75, 3.05) is 13.1 Å². The van der Waals surface area contributed by atoms with Gasteiger partial charge in [0.05, 0.1) is 17.6 Å². The molecule has 4 heterocycles. The van der Waals surface area contributed by atoms with Gasteiger partial charge in [-0.1, -0.05) is 29.8 Å². The Morgan fingerprint density at radius 3 is 2.23 bits per heavy atom. The number of amides is 1. The Hall–Kier alpha value is -5.43. The minimum Gasteiger partial charge on any atom is -0.444 e. The van der Waals surface area contributed by atoms with Crippen LogP contribution in [0.25, 0.3) is 33.3 Å². The van der Waals surface area contributed by atoms with Gasteiger partial charge in [0.2, 0.25) is 0 Å². The van der Waals surface area contributed by atoms with Crippen LogP contribution in [0.3, 0.4) is 0 Å². The first-order chi connectivity index (χ1) is 25.1. The number of halogens is 3. The first-order valence-corrected chi connectivity index (χ1v) is 18.7. The first kappa shape index (κ1) is 36.0. The van der Waals surface area contributed by atoms with E-state index in [1.807, 2.05) is 33.8 Å². The summed E-state index contributed by atoms with van der Waals surface area (Å²) in [5, 5.41) is 4.86. The molecule has 13 heteroatoms. The number of piperidine rings is 1. The second kappa shape index (κ2) is 13.8. The average molecular weight is 742 g/mol. The summed E-state index contributed by atoms with van der Waals surface area (Å²) >= 11 is 0. The molecule has 0 aliphatic carbocycles. The summed E-state index contributed by atoms with van der Waals surface area (Å²) in [6.45, 7) is 8.32. The molecule has 274 valence electrons. The number of hydrogen-bond acceptors (Lipinski definition) is 6. The highest BCUT2D eigenvalue weighted by molar-refractivity contribution is 7.90. The zero-order valence-corrected chi connectivity index (χ0v) is 30.5. The Morgan fingerprint density at radius 2 is 1.57 bits per heavy atom. The van der Waals surface area contributed by atoms with Crippen molar-refractivity contribution in [3.63, 3.8) is 0 Å². The Morgan fingerprint density at radius 1 is 0.868 bits per heavy atom. The lowest BCUT2D eigenvalue weighted by Gasteiger charge is -2.33. The molecule has 0 bridgehead atoms. The Bertz CT molecular complexity index is 2420. The molecule has 0 spiro atoms. The molecule has 1 aliphatic heterocycles. The number of carbonyl (C=O) groups is 1. The molecule has 0 unspecified atom stereocenters. The maximum absolute atomic E-state index is 15.8. The fourth-order valence-electron chi connectivity index (χ4n) is 6.69. The van der Waals surface area contributed by atoms with Gasteiger partial charge in [0.25, 0.3) is 10.0 Å². The van der Waals surface area contributed by atoms with Crippen molar-refractivity contribution < 1.29 is 31.1 Å². The third kappa shape index (κ3) is 7.57. The lowest BCUT2D eigenvalue weighted by molar-refractivity contribution is 0.0204. The third-order valence-corrected chi connectivity index (χ3v) is 11.0. The molecule has 53 heavy (non-hydrogen) atoms. The highest BCUT2D eigenvalue weighted by Crippen LogP contribution is 2.37. The molecule has 1 fully saturated rings. The van der Waals surface area contributed by atoms with Gasteiger partial charge in [-0.05, 0) is 99.5 Å². The van der Waals surface area contributed by atoms with Crippen molar-refractivity contribution in [1.29, 1.82) is 0 Å². The smallest absolute Gasteiger partial charge is 0.410 e. The van der Waals surface area contributed by atoms with Gasteiger partial charge in [-0.25, -0.2) is 35.3 Å². The summed E-state index contributed by atoms with van der Waals surface area (Å²) in [4.78, 5) is 18.9. The maximum atomic E-state index is 15.8. The number of hydrogen-bond donors (Lipinski definition) is 0. The van der Waals surface area contributed by atoms with Crippen LogP contribution in [0.4, 0.5) is 18.0 Å². The SMILES string of the molecule is Cc1ccc(S(=O)(=O)n2cc(-c3cnn(Cc4cc(F)cc(F)c4)c3)c3cc(-c4ccc(C5CCN(C(=O)OC(C)(C)C)CC5)c(F)c4)cnc32)cc1. The highest BCUT2D eigenvalue weighted by atomic mass is 32.2. The number of aryl methyl sites for hydroxylation is 1. The summed E-state index contributed by atoms with van der Waals surface area (Å²) in [6, 6.07) is 16.5. The van der Waals surface area contributed by atoms with Gasteiger partial charge >= 0.3 is 6.09 Å². The van der Waals surface area contributed by atoms with Crippen LogP contribution in [0.15, 0.2) is 96.4 Å². The zero-order chi connectivity index (χ0) is 37.7.